The van der Waals surface area contributed by atoms with Gasteiger partial charge >= 0.3 is 5.97 Å². The number of nitrogens with one attached hydrogen (secondary N) is 1. The summed E-state index contributed by atoms with van der Waals surface area (Å²) in [6, 6.07) is 13.9. The van der Waals surface area contributed by atoms with E-state index in [9.17, 15) is 4.79 Å². The molecule has 24 heavy (non-hydrogen) atoms. The lowest BCUT2D eigenvalue weighted by atomic mass is 10.2. The van der Waals surface area contributed by atoms with E-state index in [0.717, 1.165) is 5.69 Å². The molecule has 7 nitrogen and oxygen atoms in total. The molecule has 0 bridgehead atoms. The molecule has 0 fully saturated rings. The number of carbonyl (C=O) groups is 1. The standard InChI is InChI=1S/C16H12ClN5O2/c17-13-7-6-11(16(23)24)10-14(13)18-9-8-15-19-20-21-22(15)12-4-2-1-3-5-12/h1-10,18H,(H,23,24)/b9-8-. The van der Waals surface area contributed by atoms with Crippen molar-refractivity contribution >= 4 is 29.3 Å². The Balaban J connectivity index is 1.80. The second kappa shape index (κ2) is 6.93. The highest BCUT2D eigenvalue weighted by Gasteiger charge is 2.07. The van der Waals surface area contributed by atoms with Gasteiger partial charge in [0.15, 0.2) is 5.82 Å². The summed E-state index contributed by atoms with van der Waals surface area (Å²) >= 11 is 6.05. The van der Waals surface area contributed by atoms with Crippen molar-refractivity contribution in [2.45, 2.75) is 0 Å². The molecule has 0 radical (unpaired) electrons. The lowest BCUT2D eigenvalue weighted by molar-refractivity contribution is 0.0697. The number of aromatic carboxylic acids is 1. The molecule has 0 spiro atoms. The van der Waals surface area contributed by atoms with Crippen LogP contribution in [0.2, 0.25) is 5.02 Å². The quantitative estimate of drug-likeness (QED) is 0.740. The zero-order valence-corrected chi connectivity index (χ0v) is 13.1. The Bertz CT molecular complexity index is 892. The van der Waals surface area contributed by atoms with Crippen LogP contribution in [0.1, 0.15) is 16.2 Å². The second-order valence-electron chi connectivity index (χ2n) is 4.76. The molecule has 0 amide bonds. The molecule has 2 N–H and O–H groups in total. The molecule has 0 aliphatic rings. The number of rotatable bonds is 5. The zero-order valence-electron chi connectivity index (χ0n) is 12.3. The van der Waals surface area contributed by atoms with Crippen LogP contribution in [0.3, 0.4) is 0 Å². The van der Waals surface area contributed by atoms with Gasteiger partial charge in [0.1, 0.15) is 0 Å². The van der Waals surface area contributed by atoms with Crippen LogP contribution in [0.15, 0.2) is 54.7 Å². The first kappa shape index (κ1) is 15.7. The van der Waals surface area contributed by atoms with Crippen molar-refractivity contribution in [3.8, 4) is 5.69 Å². The summed E-state index contributed by atoms with van der Waals surface area (Å²) in [5.74, 6) is -0.508. The van der Waals surface area contributed by atoms with Crippen LogP contribution in [0, 0.1) is 0 Å². The largest absolute Gasteiger partial charge is 0.478 e. The van der Waals surface area contributed by atoms with Crippen LogP contribution < -0.4 is 5.32 Å². The van der Waals surface area contributed by atoms with Crippen molar-refractivity contribution in [3.05, 3.63) is 71.1 Å². The lowest BCUT2D eigenvalue weighted by Gasteiger charge is -2.05. The van der Waals surface area contributed by atoms with Crippen LogP contribution in [0.5, 0.6) is 0 Å². The lowest BCUT2D eigenvalue weighted by Crippen LogP contribution is -2.00. The van der Waals surface area contributed by atoms with Gasteiger partial charge in [0, 0.05) is 12.3 Å². The van der Waals surface area contributed by atoms with Gasteiger partial charge in [-0.3, -0.25) is 0 Å². The number of nitrogens with zero attached hydrogens (tertiary/aromatic N) is 4. The van der Waals surface area contributed by atoms with Crippen molar-refractivity contribution < 1.29 is 9.90 Å². The normalized spacial score (nSPS) is 10.9. The number of para-hydroxylation sites is 1. The molecule has 0 saturated heterocycles. The predicted octanol–water partition coefficient (Wildman–Crippen LogP) is 3.10. The van der Waals surface area contributed by atoms with Gasteiger partial charge in [0.05, 0.1) is 22.0 Å². The highest BCUT2D eigenvalue weighted by Crippen LogP contribution is 2.23. The summed E-state index contributed by atoms with van der Waals surface area (Å²) in [5.41, 5.74) is 1.45. The fourth-order valence-electron chi connectivity index (χ4n) is 2.03. The molecule has 8 heteroatoms. The van der Waals surface area contributed by atoms with E-state index < -0.39 is 5.97 Å². The minimum Gasteiger partial charge on any atom is -0.478 e. The Morgan fingerprint density at radius 2 is 2.00 bits per heavy atom. The van der Waals surface area contributed by atoms with Crippen LogP contribution in [-0.2, 0) is 0 Å². The highest BCUT2D eigenvalue weighted by atomic mass is 35.5. The third-order valence-corrected chi connectivity index (χ3v) is 3.51. The number of carboxylic acids is 1. The monoisotopic (exact) mass is 341 g/mol. The van der Waals surface area contributed by atoms with Gasteiger partial charge in [0.2, 0.25) is 0 Å². The minimum atomic E-state index is -1.02. The maximum absolute atomic E-state index is 11.0. The molecule has 1 aromatic heterocycles. The average molecular weight is 342 g/mol. The number of tetrazole rings is 1. The Kier molecular flexibility index (Phi) is 4.53. The van der Waals surface area contributed by atoms with E-state index in [-0.39, 0.29) is 5.56 Å². The van der Waals surface area contributed by atoms with E-state index in [0.29, 0.717) is 16.5 Å². The second-order valence-corrected chi connectivity index (χ2v) is 5.17. The van der Waals surface area contributed by atoms with Crippen molar-refractivity contribution in [3.63, 3.8) is 0 Å². The van der Waals surface area contributed by atoms with Crippen molar-refractivity contribution in [2.75, 3.05) is 5.32 Å². The number of carboxylic acid groups (broad SMARTS) is 1. The van der Waals surface area contributed by atoms with Gasteiger partial charge in [-0.25, -0.2) is 4.79 Å². The van der Waals surface area contributed by atoms with E-state index in [4.69, 9.17) is 16.7 Å². The van der Waals surface area contributed by atoms with Crippen molar-refractivity contribution in [1.29, 1.82) is 0 Å². The van der Waals surface area contributed by atoms with Crippen molar-refractivity contribution in [2.24, 2.45) is 0 Å². The Hall–Kier alpha value is -3.19. The van der Waals surface area contributed by atoms with Crippen LogP contribution in [0.25, 0.3) is 11.8 Å². The minimum absolute atomic E-state index is 0.143. The molecule has 0 unspecified atom stereocenters. The van der Waals surface area contributed by atoms with Crippen LogP contribution >= 0.6 is 11.6 Å². The molecule has 2 aromatic carbocycles. The van der Waals surface area contributed by atoms with Crippen LogP contribution in [-0.4, -0.2) is 31.3 Å². The molecule has 0 aliphatic carbocycles. The van der Waals surface area contributed by atoms with Gasteiger partial charge in [-0.2, -0.15) is 4.68 Å². The summed E-state index contributed by atoms with van der Waals surface area (Å²) in [6.45, 7) is 0. The summed E-state index contributed by atoms with van der Waals surface area (Å²) in [6.07, 6.45) is 3.26. The van der Waals surface area contributed by atoms with E-state index in [1.165, 1.54) is 18.2 Å². The fraction of sp³-hybridized carbons (Fsp3) is 0. The van der Waals surface area contributed by atoms with Gasteiger partial charge < -0.3 is 10.4 Å². The number of anilines is 1. The number of benzene rings is 2. The summed E-state index contributed by atoms with van der Waals surface area (Å²) < 4.78 is 1.58. The fourth-order valence-corrected chi connectivity index (χ4v) is 2.20. The number of hydrogen-bond donors (Lipinski definition) is 2. The van der Waals surface area contributed by atoms with E-state index in [1.807, 2.05) is 30.3 Å². The van der Waals surface area contributed by atoms with Crippen molar-refractivity contribution in [1.82, 2.24) is 20.2 Å². The molecule has 3 aromatic rings. The summed E-state index contributed by atoms with van der Waals surface area (Å²) in [4.78, 5) is 11.0. The van der Waals surface area contributed by atoms with E-state index >= 15 is 0 Å². The molecule has 3 rings (SSSR count). The molecule has 120 valence electrons. The topological polar surface area (TPSA) is 92.9 Å². The smallest absolute Gasteiger partial charge is 0.335 e. The predicted molar refractivity (Wildman–Crippen MR) is 90.2 cm³/mol. The van der Waals surface area contributed by atoms with Gasteiger partial charge in [-0.05, 0) is 40.8 Å². The van der Waals surface area contributed by atoms with Crippen LogP contribution in [0.4, 0.5) is 5.69 Å². The Morgan fingerprint density at radius 1 is 1.21 bits per heavy atom. The Morgan fingerprint density at radius 3 is 2.75 bits per heavy atom. The van der Waals surface area contributed by atoms with Gasteiger partial charge in [0.25, 0.3) is 0 Å². The van der Waals surface area contributed by atoms with E-state index in [1.54, 1.807) is 17.0 Å². The Labute approximate surface area is 142 Å². The number of halogens is 1. The molecule has 0 atom stereocenters. The number of hydrogen-bond acceptors (Lipinski definition) is 5. The molecular formula is C16H12ClN5O2. The highest BCUT2D eigenvalue weighted by molar-refractivity contribution is 6.33. The van der Waals surface area contributed by atoms with E-state index in [2.05, 4.69) is 20.8 Å². The first-order chi connectivity index (χ1) is 11.6. The third-order valence-electron chi connectivity index (χ3n) is 3.18. The maximum Gasteiger partial charge on any atom is 0.335 e. The van der Waals surface area contributed by atoms with Gasteiger partial charge in [-0.1, -0.05) is 29.8 Å². The third kappa shape index (κ3) is 3.41. The van der Waals surface area contributed by atoms with Gasteiger partial charge in [-0.15, -0.1) is 5.10 Å². The first-order valence-electron chi connectivity index (χ1n) is 6.95. The maximum atomic E-state index is 11.0. The SMILES string of the molecule is O=C(O)c1ccc(Cl)c(N/C=C\c2nnnn2-c2ccccc2)c1. The zero-order chi connectivity index (χ0) is 16.9. The number of aromatic nitrogens is 4. The first-order valence-corrected chi connectivity index (χ1v) is 7.32. The molecular weight excluding hydrogens is 330 g/mol. The molecule has 0 aliphatic heterocycles. The summed E-state index contributed by atoms with van der Waals surface area (Å²) in [5, 5.41) is 23.9. The molecule has 0 saturated carbocycles. The average Bonchev–Trinajstić information content (AvgIpc) is 3.05. The summed E-state index contributed by atoms with van der Waals surface area (Å²) in [7, 11) is 0. The molecule has 1 heterocycles.